The SMILES string of the molecule is COc1ccc(F)cc1C(C)(C)C(=O)c1ccc(F)c(N2C(=O)Cc3csc(C(=O)O)c3C2=O)c1. The summed E-state index contributed by atoms with van der Waals surface area (Å²) in [6.07, 6.45) is -0.297. The van der Waals surface area contributed by atoms with Crippen molar-refractivity contribution in [2.45, 2.75) is 25.7 Å². The predicted octanol–water partition coefficient (Wildman–Crippen LogP) is 4.62. The molecule has 7 nitrogen and oxygen atoms in total. The van der Waals surface area contributed by atoms with Gasteiger partial charge in [-0.25, -0.2) is 18.5 Å². The van der Waals surface area contributed by atoms with Crippen molar-refractivity contribution in [2.24, 2.45) is 0 Å². The van der Waals surface area contributed by atoms with E-state index in [0.717, 1.165) is 23.5 Å². The minimum absolute atomic E-state index is 0.0344. The van der Waals surface area contributed by atoms with E-state index in [0.29, 0.717) is 4.90 Å². The highest BCUT2D eigenvalue weighted by Gasteiger charge is 2.39. The Morgan fingerprint density at radius 3 is 2.49 bits per heavy atom. The van der Waals surface area contributed by atoms with E-state index in [-0.39, 0.29) is 39.3 Å². The molecule has 0 atom stereocenters. The van der Waals surface area contributed by atoms with E-state index in [1.54, 1.807) is 13.8 Å². The molecule has 0 bridgehead atoms. The minimum atomic E-state index is -1.34. The third-order valence-electron chi connectivity index (χ3n) is 5.92. The third-order valence-corrected chi connectivity index (χ3v) is 6.94. The molecular weight excluding hydrogens is 480 g/mol. The first-order valence-corrected chi connectivity index (χ1v) is 11.2. The summed E-state index contributed by atoms with van der Waals surface area (Å²) in [6, 6.07) is 6.97. The molecule has 4 rings (SSSR count). The number of nitrogens with zero attached hydrogens (tertiary/aromatic N) is 1. The second-order valence-corrected chi connectivity index (χ2v) is 9.33. The van der Waals surface area contributed by atoms with Crippen LogP contribution in [0, 0.1) is 11.6 Å². The van der Waals surface area contributed by atoms with E-state index in [9.17, 15) is 33.1 Å². The lowest BCUT2D eigenvalue weighted by molar-refractivity contribution is -0.117. The summed E-state index contributed by atoms with van der Waals surface area (Å²) < 4.78 is 34.1. The summed E-state index contributed by atoms with van der Waals surface area (Å²) in [7, 11) is 1.38. The molecule has 1 aromatic heterocycles. The molecule has 1 aliphatic heterocycles. The standard InChI is InChI=1S/C25H19F2NO6S/c1-25(2,15-10-14(26)5-7-18(15)34-3)22(30)12-4-6-16(27)17(8-12)28-19(29)9-13-11-35-21(24(32)33)20(13)23(28)31/h4-8,10-11H,9H2,1-3H3,(H,32,33). The summed E-state index contributed by atoms with van der Waals surface area (Å²) in [5.41, 5.74) is -1.49. The molecule has 0 saturated heterocycles. The van der Waals surface area contributed by atoms with Crippen molar-refractivity contribution in [2.75, 3.05) is 12.0 Å². The highest BCUT2D eigenvalue weighted by Crippen LogP contribution is 2.37. The highest BCUT2D eigenvalue weighted by molar-refractivity contribution is 7.12. The van der Waals surface area contributed by atoms with E-state index < -0.39 is 46.3 Å². The molecule has 180 valence electrons. The number of Topliss-reactive ketones (excluding diaryl/α,β-unsaturated/α-hetero) is 1. The van der Waals surface area contributed by atoms with Gasteiger partial charge in [-0.2, -0.15) is 0 Å². The fraction of sp³-hybridized carbons (Fsp3) is 0.200. The molecule has 0 saturated carbocycles. The first-order chi connectivity index (χ1) is 16.5. The average molecular weight is 499 g/mol. The number of rotatable bonds is 6. The molecule has 3 aromatic rings. The predicted molar refractivity (Wildman–Crippen MR) is 124 cm³/mol. The molecular formula is C25H19F2NO6S. The highest BCUT2D eigenvalue weighted by atomic mass is 32.1. The van der Waals surface area contributed by atoms with Gasteiger partial charge in [-0.3, -0.25) is 14.4 Å². The molecule has 1 aliphatic rings. The van der Waals surface area contributed by atoms with Gasteiger partial charge in [0.1, 0.15) is 22.3 Å². The Labute approximate surface area is 202 Å². The summed E-state index contributed by atoms with van der Waals surface area (Å²) in [6.45, 7) is 3.09. The molecule has 0 spiro atoms. The number of carboxylic acid groups (broad SMARTS) is 1. The van der Waals surface area contributed by atoms with E-state index in [4.69, 9.17) is 4.74 Å². The average Bonchev–Trinajstić information content (AvgIpc) is 3.24. The largest absolute Gasteiger partial charge is 0.496 e. The lowest BCUT2D eigenvalue weighted by Crippen LogP contribution is -2.43. The first kappa shape index (κ1) is 24.2. The number of halogens is 2. The summed E-state index contributed by atoms with van der Waals surface area (Å²) >= 11 is 0.805. The quantitative estimate of drug-likeness (QED) is 0.392. The number of fused-ring (bicyclic) bond motifs is 1. The van der Waals surface area contributed by atoms with Gasteiger partial charge in [0.15, 0.2) is 5.78 Å². The van der Waals surface area contributed by atoms with Gasteiger partial charge in [0.25, 0.3) is 5.91 Å². The number of aromatic carboxylic acids is 1. The number of carboxylic acids is 1. The van der Waals surface area contributed by atoms with Gasteiger partial charge in [0.05, 0.1) is 30.2 Å². The normalized spacial score (nSPS) is 13.6. The lowest BCUT2D eigenvalue weighted by atomic mass is 9.77. The summed E-state index contributed by atoms with van der Waals surface area (Å²) in [4.78, 5) is 51.2. The number of benzene rings is 2. The zero-order valence-corrected chi connectivity index (χ0v) is 19.7. The van der Waals surface area contributed by atoms with Gasteiger partial charge in [-0.05, 0) is 61.2 Å². The second kappa shape index (κ2) is 8.70. The van der Waals surface area contributed by atoms with Crippen LogP contribution in [0.3, 0.4) is 0 Å². The zero-order chi connectivity index (χ0) is 25.7. The molecule has 10 heteroatoms. The van der Waals surface area contributed by atoms with E-state index in [1.165, 1.54) is 36.8 Å². The lowest BCUT2D eigenvalue weighted by Gasteiger charge is -2.28. The fourth-order valence-corrected chi connectivity index (χ4v) is 5.00. The summed E-state index contributed by atoms with van der Waals surface area (Å²) in [5.74, 6) is -4.86. The van der Waals surface area contributed by atoms with Crippen molar-refractivity contribution >= 4 is 40.6 Å². The van der Waals surface area contributed by atoms with Crippen LogP contribution in [0.15, 0.2) is 41.8 Å². The van der Waals surface area contributed by atoms with Gasteiger partial charge in [-0.1, -0.05) is 0 Å². The molecule has 0 aliphatic carbocycles. The maximum atomic E-state index is 14.9. The van der Waals surface area contributed by atoms with Crippen LogP contribution in [0.1, 0.15) is 55.4 Å². The molecule has 2 heterocycles. The van der Waals surface area contributed by atoms with Gasteiger partial charge in [-0.15, -0.1) is 11.3 Å². The number of carbonyl (C=O) groups excluding carboxylic acids is 3. The molecule has 0 unspecified atom stereocenters. The topological polar surface area (TPSA) is 101 Å². The first-order valence-electron chi connectivity index (χ1n) is 10.4. The maximum absolute atomic E-state index is 14.9. The van der Waals surface area contributed by atoms with Crippen LogP contribution in [0.2, 0.25) is 0 Å². The number of ether oxygens (including phenoxy) is 1. The van der Waals surface area contributed by atoms with Crippen molar-refractivity contribution in [1.82, 2.24) is 0 Å². The van der Waals surface area contributed by atoms with Crippen LogP contribution in [0.4, 0.5) is 14.5 Å². The van der Waals surface area contributed by atoms with Crippen molar-refractivity contribution in [3.05, 3.63) is 80.5 Å². The Kier molecular flexibility index (Phi) is 6.02. The van der Waals surface area contributed by atoms with Crippen LogP contribution in [0.25, 0.3) is 0 Å². The number of amides is 2. The third kappa shape index (κ3) is 3.99. The molecule has 2 amide bonds. The van der Waals surface area contributed by atoms with E-state index in [1.807, 2.05) is 0 Å². The smallest absolute Gasteiger partial charge is 0.346 e. The number of ketones is 1. The molecule has 2 aromatic carbocycles. The molecule has 0 fully saturated rings. The fourth-order valence-electron chi connectivity index (χ4n) is 4.10. The van der Waals surface area contributed by atoms with Gasteiger partial charge < -0.3 is 9.84 Å². The van der Waals surface area contributed by atoms with Crippen molar-refractivity contribution in [3.63, 3.8) is 0 Å². The number of carbonyl (C=O) groups is 4. The van der Waals surface area contributed by atoms with Crippen molar-refractivity contribution < 1.29 is 37.8 Å². The molecule has 0 radical (unpaired) electrons. The van der Waals surface area contributed by atoms with Gasteiger partial charge >= 0.3 is 5.97 Å². The van der Waals surface area contributed by atoms with Crippen LogP contribution in [-0.2, 0) is 16.6 Å². The summed E-state index contributed by atoms with van der Waals surface area (Å²) in [5, 5.41) is 10.8. The maximum Gasteiger partial charge on any atom is 0.346 e. The number of methoxy groups -OCH3 is 1. The van der Waals surface area contributed by atoms with Gasteiger partial charge in [0, 0.05) is 11.1 Å². The Morgan fingerprint density at radius 2 is 1.83 bits per heavy atom. The van der Waals surface area contributed by atoms with Crippen molar-refractivity contribution in [1.29, 1.82) is 0 Å². The number of anilines is 1. The number of hydrogen-bond acceptors (Lipinski definition) is 6. The Morgan fingerprint density at radius 1 is 1.11 bits per heavy atom. The van der Waals surface area contributed by atoms with Crippen LogP contribution >= 0.6 is 11.3 Å². The Balaban J connectivity index is 1.78. The van der Waals surface area contributed by atoms with E-state index >= 15 is 0 Å². The number of thiophene rings is 1. The van der Waals surface area contributed by atoms with Crippen LogP contribution in [-0.4, -0.2) is 35.8 Å². The zero-order valence-electron chi connectivity index (χ0n) is 18.8. The molecule has 1 N–H and O–H groups in total. The minimum Gasteiger partial charge on any atom is -0.496 e. The Hall–Kier alpha value is -3.92. The monoisotopic (exact) mass is 499 g/mol. The van der Waals surface area contributed by atoms with Crippen LogP contribution in [0.5, 0.6) is 5.75 Å². The van der Waals surface area contributed by atoms with Gasteiger partial charge in [0.2, 0.25) is 5.91 Å². The van der Waals surface area contributed by atoms with E-state index in [2.05, 4.69) is 0 Å². The number of imide groups is 1. The van der Waals surface area contributed by atoms with Crippen molar-refractivity contribution in [3.8, 4) is 5.75 Å². The number of hydrogen-bond donors (Lipinski definition) is 1. The second-order valence-electron chi connectivity index (χ2n) is 8.45. The van der Waals surface area contributed by atoms with Crippen LogP contribution < -0.4 is 9.64 Å². The molecule has 35 heavy (non-hydrogen) atoms. The Bertz CT molecular complexity index is 1410.